The van der Waals surface area contributed by atoms with Crippen molar-refractivity contribution in [2.24, 2.45) is 5.73 Å². The minimum Gasteiger partial charge on any atom is -0.343 e. The summed E-state index contributed by atoms with van der Waals surface area (Å²) in [6.45, 7) is 4.08. The van der Waals surface area contributed by atoms with Crippen molar-refractivity contribution in [3.8, 4) is 0 Å². The molecule has 0 spiro atoms. The third-order valence-electron chi connectivity index (χ3n) is 3.75. The van der Waals surface area contributed by atoms with Gasteiger partial charge in [0.25, 0.3) is 0 Å². The summed E-state index contributed by atoms with van der Waals surface area (Å²) in [5, 5.41) is 0. The molecule has 0 radical (unpaired) electrons. The second kappa shape index (κ2) is 6.12. The van der Waals surface area contributed by atoms with E-state index in [2.05, 4.69) is 16.8 Å². The van der Waals surface area contributed by atoms with Gasteiger partial charge in [0.2, 0.25) is 5.91 Å². The lowest BCUT2D eigenvalue weighted by Gasteiger charge is -2.39. The number of nitrogens with two attached hydrogens (primary N) is 1. The summed E-state index contributed by atoms with van der Waals surface area (Å²) in [5.74, 6) is 0.149. The van der Waals surface area contributed by atoms with E-state index in [0.29, 0.717) is 6.54 Å². The highest BCUT2D eigenvalue weighted by Crippen LogP contribution is 2.24. The minimum atomic E-state index is -0.00824. The Labute approximate surface area is 114 Å². The first-order chi connectivity index (χ1) is 9.13. The van der Waals surface area contributed by atoms with Gasteiger partial charge in [-0.3, -0.25) is 14.7 Å². The second-order valence-corrected chi connectivity index (χ2v) is 5.06. The van der Waals surface area contributed by atoms with Gasteiger partial charge in [-0.05, 0) is 18.6 Å². The molecule has 2 N–H and O–H groups in total. The molecule has 19 heavy (non-hydrogen) atoms. The van der Waals surface area contributed by atoms with Crippen molar-refractivity contribution in [3.05, 3.63) is 30.1 Å². The van der Waals surface area contributed by atoms with E-state index >= 15 is 0 Å². The van der Waals surface area contributed by atoms with Gasteiger partial charge < -0.3 is 10.6 Å². The van der Waals surface area contributed by atoms with Crippen molar-refractivity contribution in [1.29, 1.82) is 0 Å². The normalized spacial score (nSPS) is 20.4. The van der Waals surface area contributed by atoms with E-state index in [1.54, 1.807) is 11.1 Å². The zero-order valence-corrected chi connectivity index (χ0v) is 11.6. The maximum Gasteiger partial charge on any atom is 0.236 e. The van der Waals surface area contributed by atoms with Crippen LogP contribution in [0.25, 0.3) is 0 Å². The standard InChI is InChI=1S/C14H22N4O/c1-3-11(15)14(12-6-4-5-7-16-12)18-9-8-17(2)13(19)10-18/h4-7,11,14H,3,8-10,15H2,1-2H3. The molecule has 0 bridgehead atoms. The second-order valence-electron chi connectivity index (χ2n) is 5.06. The molecule has 1 aliphatic rings. The summed E-state index contributed by atoms with van der Waals surface area (Å²) >= 11 is 0. The van der Waals surface area contributed by atoms with Crippen LogP contribution in [0.15, 0.2) is 24.4 Å². The number of aromatic nitrogens is 1. The summed E-state index contributed by atoms with van der Waals surface area (Å²) in [5.41, 5.74) is 7.21. The molecule has 2 atom stereocenters. The molecule has 1 amide bonds. The first kappa shape index (κ1) is 14.0. The van der Waals surface area contributed by atoms with Gasteiger partial charge in [-0.25, -0.2) is 0 Å². The average Bonchev–Trinajstić information content (AvgIpc) is 2.44. The number of rotatable bonds is 4. The van der Waals surface area contributed by atoms with Crippen LogP contribution < -0.4 is 5.73 Å². The topological polar surface area (TPSA) is 62.5 Å². The van der Waals surface area contributed by atoms with Gasteiger partial charge in [-0.1, -0.05) is 13.0 Å². The third kappa shape index (κ3) is 3.11. The smallest absolute Gasteiger partial charge is 0.236 e. The highest BCUT2D eigenvalue weighted by atomic mass is 16.2. The Morgan fingerprint density at radius 1 is 1.42 bits per heavy atom. The van der Waals surface area contributed by atoms with Crippen molar-refractivity contribution in [3.63, 3.8) is 0 Å². The van der Waals surface area contributed by atoms with Crippen molar-refractivity contribution >= 4 is 5.91 Å². The Balaban J connectivity index is 2.21. The number of pyridine rings is 1. The zero-order valence-electron chi connectivity index (χ0n) is 11.6. The van der Waals surface area contributed by atoms with Gasteiger partial charge >= 0.3 is 0 Å². The number of piperazine rings is 1. The van der Waals surface area contributed by atoms with E-state index in [4.69, 9.17) is 5.73 Å². The van der Waals surface area contributed by atoms with Crippen molar-refractivity contribution in [2.75, 3.05) is 26.7 Å². The minimum absolute atomic E-state index is 0.00824. The lowest BCUT2D eigenvalue weighted by Crippen LogP contribution is -2.53. The Hall–Kier alpha value is -1.46. The van der Waals surface area contributed by atoms with E-state index in [1.165, 1.54) is 0 Å². The van der Waals surface area contributed by atoms with Crippen LogP contribution in [0.4, 0.5) is 0 Å². The first-order valence-corrected chi connectivity index (χ1v) is 6.78. The molecule has 0 aliphatic carbocycles. The Bertz CT molecular complexity index is 423. The van der Waals surface area contributed by atoms with Gasteiger partial charge in [0, 0.05) is 32.4 Å². The molecule has 2 rings (SSSR count). The molecule has 2 heterocycles. The molecule has 1 aromatic heterocycles. The van der Waals surface area contributed by atoms with Gasteiger partial charge in [0.1, 0.15) is 0 Å². The summed E-state index contributed by atoms with van der Waals surface area (Å²) in [4.78, 5) is 20.2. The molecule has 5 heteroatoms. The predicted octanol–water partition coefficient (Wildman–Crippen LogP) is 0.634. The number of hydrogen-bond acceptors (Lipinski definition) is 4. The molecule has 0 saturated carbocycles. The third-order valence-corrected chi connectivity index (χ3v) is 3.75. The molecular weight excluding hydrogens is 240 g/mol. The van der Waals surface area contributed by atoms with Gasteiger partial charge in [0.05, 0.1) is 18.3 Å². The van der Waals surface area contributed by atoms with Crippen molar-refractivity contribution in [1.82, 2.24) is 14.8 Å². The summed E-state index contributed by atoms with van der Waals surface area (Å²) < 4.78 is 0. The van der Waals surface area contributed by atoms with Gasteiger partial charge in [-0.2, -0.15) is 0 Å². The van der Waals surface area contributed by atoms with E-state index in [9.17, 15) is 4.79 Å². The highest BCUT2D eigenvalue weighted by molar-refractivity contribution is 5.78. The zero-order chi connectivity index (χ0) is 13.8. The fourth-order valence-electron chi connectivity index (χ4n) is 2.47. The number of hydrogen-bond donors (Lipinski definition) is 1. The average molecular weight is 262 g/mol. The van der Waals surface area contributed by atoms with Crippen molar-refractivity contribution < 1.29 is 4.79 Å². The first-order valence-electron chi connectivity index (χ1n) is 6.78. The van der Waals surface area contributed by atoms with Gasteiger partial charge in [0.15, 0.2) is 0 Å². The number of carbonyl (C=O) groups excluding carboxylic acids is 1. The maximum absolute atomic E-state index is 11.9. The van der Waals surface area contributed by atoms with Crippen LogP contribution in [0.5, 0.6) is 0 Å². The lowest BCUT2D eigenvalue weighted by atomic mass is 9.99. The monoisotopic (exact) mass is 262 g/mol. The van der Waals surface area contributed by atoms with Crippen LogP contribution in [0.2, 0.25) is 0 Å². The van der Waals surface area contributed by atoms with Crippen LogP contribution in [0.3, 0.4) is 0 Å². The maximum atomic E-state index is 11.9. The molecular formula is C14H22N4O. The van der Waals surface area contributed by atoms with E-state index < -0.39 is 0 Å². The van der Waals surface area contributed by atoms with Crippen LogP contribution in [-0.4, -0.2) is 53.4 Å². The van der Waals surface area contributed by atoms with Crippen LogP contribution >= 0.6 is 0 Å². The Morgan fingerprint density at radius 2 is 2.21 bits per heavy atom. The molecule has 1 fully saturated rings. The number of likely N-dealkylation sites (N-methyl/N-ethyl adjacent to an activating group) is 1. The predicted molar refractivity (Wildman–Crippen MR) is 74.5 cm³/mol. The molecule has 5 nitrogen and oxygen atoms in total. The molecule has 2 unspecified atom stereocenters. The summed E-state index contributed by atoms with van der Waals surface area (Å²) in [7, 11) is 1.84. The van der Waals surface area contributed by atoms with Crippen LogP contribution in [0.1, 0.15) is 25.1 Å². The fraction of sp³-hybridized carbons (Fsp3) is 0.571. The van der Waals surface area contributed by atoms with E-state index in [1.807, 2.05) is 25.2 Å². The van der Waals surface area contributed by atoms with E-state index in [-0.39, 0.29) is 18.0 Å². The Morgan fingerprint density at radius 3 is 2.79 bits per heavy atom. The van der Waals surface area contributed by atoms with Crippen molar-refractivity contribution in [2.45, 2.75) is 25.4 Å². The molecule has 0 aromatic carbocycles. The highest BCUT2D eigenvalue weighted by Gasteiger charge is 2.31. The SMILES string of the molecule is CCC(N)C(c1ccccn1)N1CCN(C)C(=O)C1. The largest absolute Gasteiger partial charge is 0.343 e. The fourth-order valence-corrected chi connectivity index (χ4v) is 2.47. The quantitative estimate of drug-likeness (QED) is 0.864. The number of carbonyl (C=O) groups is 1. The molecule has 1 saturated heterocycles. The summed E-state index contributed by atoms with van der Waals surface area (Å²) in [6, 6.07) is 5.86. The number of nitrogens with zero attached hydrogens (tertiary/aromatic N) is 3. The number of amides is 1. The molecule has 1 aliphatic heterocycles. The van der Waals surface area contributed by atoms with E-state index in [0.717, 1.165) is 25.2 Å². The van der Waals surface area contributed by atoms with Crippen LogP contribution in [-0.2, 0) is 4.79 Å². The lowest BCUT2D eigenvalue weighted by molar-refractivity contribution is -0.135. The molecule has 1 aromatic rings. The Kier molecular flexibility index (Phi) is 4.50. The summed E-state index contributed by atoms with van der Waals surface area (Å²) in [6.07, 6.45) is 2.64. The molecule has 104 valence electrons. The van der Waals surface area contributed by atoms with Gasteiger partial charge in [-0.15, -0.1) is 0 Å². The van der Waals surface area contributed by atoms with Crippen LogP contribution in [0, 0.1) is 0 Å².